The third-order valence-corrected chi connectivity index (χ3v) is 9.56. The van der Waals surface area contributed by atoms with E-state index in [2.05, 4.69) is 20.9 Å². The van der Waals surface area contributed by atoms with Crippen molar-refractivity contribution < 1.29 is 17.5 Å². The van der Waals surface area contributed by atoms with Crippen molar-refractivity contribution in [1.29, 1.82) is 0 Å². The second-order valence-corrected chi connectivity index (χ2v) is 10.7. The number of aromatic nitrogens is 2. The molecule has 0 saturated carbocycles. The normalized spacial score (nSPS) is 22.8. The number of halogens is 2. The predicted octanol–water partition coefficient (Wildman–Crippen LogP) is 3.26. The van der Waals surface area contributed by atoms with Gasteiger partial charge in [0, 0.05) is 60.7 Å². The zero-order valence-corrected chi connectivity index (χ0v) is 18.6. The largest absolute Gasteiger partial charge is 0.493 e. The third kappa shape index (κ3) is 3.71. The van der Waals surface area contributed by atoms with Crippen molar-refractivity contribution in [2.75, 3.05) is 25.4 Å². The molecular formula is C18H21BrFN3O3S2. The monoisotopic (exact) mass is 489 g/mol. The number of aryl methyl sites for hydroxylation is 1. The van der Waals surface area contributed by atoms with Crippen LogP contribution in [0.1, 0.15) is 12.0 Å². The summed E-state index contributed by atoms with van der Waals surface area (Å²) in [6.45, 7) is 0.742. The van der Waals surface area contributed by atoms with Crippen molar-refractivity contribution in [3.05, 3.63) is 34.6 Å². The zero-order valence-electron chi connectivity index (χ0n) is 15.3. The van der Waals surface area contributed by atoms with Crippen LogP contribution in [0.5, 0.6) is 5.75 Å². The Kier molecular flexibility index (Phi) is 5.74. The number of sulfonamides is 1. The van der Waals surface area contributed by atoms with Crippen molar-refractivity contribution in [3.63, 3.8) is 0 Å². The first-order valence-electron chi connectivity index (χ1n) is 9.06. The molecule has 0 amide bonds. The summed E-state index contributed by atoms with van der Waals surface area (Å²) in [5, 5.41) is 0.839. The minimum absolute atomic E-state index is 0.117. The van der Waals surface area contributed by atoms with E-state index >= 15 is 0 Å². The molecule has 1 saturated heterocycles. The second kappa shape index (κ2) is 7.97. The highest BCUT2D eigenvalue weighted by atomic mass is 79.9. The Hall–Kier alpha value is -1.10. The van der Waals surface area contributed by atoms with E-state index in [9.17, 15) is 12.8 Å². The van der Waals surface area contributed by atoms with Crippen LogP contribution in [0.15, 0.2) is 39.1 Å². The number of thioether (sulfide) groups is 1. The Morgan fingerprint density at radius 2 is 2.25 bits per heavy atom. The Morgan fingerprint density at radius 3 is 2.96 bits per heavy atom. The molecule has 0 unspecified atom stereocenters. The van der Waals surface area contributed by atoms with Gasteiger partial charge in [-0.3, -0.25) is 0 Å². The number of rotatable bonds is 5. The van der Waals surface area contributed by atoms with Gasteiger partial charge >= 0.3 is 0 Å². The fraction of sp³-hybridized carbons (Fsp3) is 0.500. The molecule has 152 valence electrons. The highest BCUT2D eigenvalue weighted by molar-refractivity contribution is 9.10. The fourth-order valence-corrected chi connectivity index (χ4v) is 7.39. The standard InChI is InChI=1S/C18H21BrFN3O3S2/c1-22-8-6-21-18(22)27-11-12-4-7-23(10-14(12)20)28(24,25)16-3-2-15-13(17(16)19)5-9-26-15/h2-3,6,8,12,14H,4-5,7,9-11H2,1H3/t12-,14+/m0/s1. The van der Waals surface area contributed by atoms with E-state index in [1.807, 2.05) is 17.8 Å². The molecule has 2 aromatic rings. The molecule has 0 N–H and O–H groups in total. The summed E-state index contributed by atoms with van der Waals surface area (Å²) in [5.74, 6) is 1.10. The highest BCUT2D eigenvalue weighted by Crippen LogP contribution is 2.38. The van der Waals surface area contributed by atoms with Gasteiger partial charge in [0.25, 0.3) is 0 Å². The Labute approximate surface area is 176 Å². The van der Waals surface area contributed by atoms with E-state index in [1.54, 1.807) is 18.3 Å². The van der Waals surface area contributed by atoms with Gasteiger partial charge in [-0.2, -0.15) is 4.31 Å². The van der Waals surface area contributed by atoms with Gasteiger partial charge in [0.05, 0.1) is 11.5 Å². The van der Waals surface area contributed by atoms with E-state index in [0.29, 0.717) is 42.0 Å². The summed E-state index contributed by atoms with van der Waals surface area (Å²) in [6, 6.07) is 3.23. The van der Waals surface area contributed by atoms with Crippen LogP contribution in [0.2, 0.25) is 0 Å². The van der Waals surface area contributed by atoms with Gasteiger partial charge in [0.15, 0.2) is 5.16 Å². The van der Waals surface area contributed by atoms with Crippen molar-refractivity contribution in [3.8, 4) is 5.75 Å². The molecule has 28 heavy (non-hydrogen) atoms. The van der Waals surface area contributed by atoms with E-state index in [4.69, 9.17) is 4.74 Å². The molecule has 0 radical (unpaired) electrons. The van der Waals surface area contributed by atoms with Crippen molar-refractivity contribution in [2.24, 2.45) is 13.0 Å². The van der Waals surface area contributed by atoms with E-state index < -0.39 is 16.2 Å². The van der Waals surface area contributed by atoms with Gasteiger partial charge in [-0.15, -0.1) is 0 Å². The lowest BCUT2D eigenvalue weighted by atomic mass is 9.98. The fourth-order valence-electron chi connectivity index (χ4n) is 3.56. The number of piperidine rings is 1. The van der Waals surface area contributed by atoms with Gasteiger partial charge < -0.3 is 9.30 Å². The molecule has 3 heterocycles. The topological polar surface area (TPSA) is 64.4 Å². The first kappa shape index (κ1) is 20.2. The Bertz CT molecular complexity index is 982. The molecule has 4 rings (SSSR count). The average molecular weight is 490 g/mol. The van der Waals surface area contributed by atoms with Crippen LogP contribution in [0.3, 0.4) is 0 Å². The maximum absolute atomic E-state index is 14.8. The van der Waals surface area contributed by atoms with Crippen molar-refractivity contribution in [2.45, 2.75) is 29.1 Å². The third-order valence-electron chi connectivity index (χ3n) is 5.23. The van der Waals surface area contributed by atoms with E-state index in [1.165, 1.54) is 16.1 Å². The van der Waals surface area contributed by atoms with Crippen molar-refractivity contribution in [1.82, 2.24) is 13.9 Å². The molecule has 0 bridgehead atoms. The molecule has 1 fully saturated rings. The molecule has 6 nitrogen and oxygen atoms in total. The first-order chi connectivity index (χ1) is 13.4. The molecule has 2 atom stereocenters. The summed E-state index contributed by atoms with van der Waals surface area (Å²) in [6.07, 6.45) is 3.52. The molecule has 0 spiro atoms. The number of ether oxygens (including phenoxy) is 1. The molecule has 1 aromatic carbocycles. The predicted molar refractivity (Wildman–Crippen MR) is 109 cm³/mol. The average Bonchev–Trinajstić information content (AvgIpc) is 3.30. The first-order valence-corrected chi connectivity index (χ1v) is 12.3. The van der Waals surface area contributed by atoms with Crippen LogP contribution in [-0.4, -0.2) is 53.9 Å². The summed E-state index contributed by atoms with van der Waals surface area (Å²) >= 11 is 4.93. The summed E-state index contributed by atoms with van der Waals surface area (Å²) in [7, 11) is -1.87. The highest BCUT2D eigenvalue weighted by Gasteiger charge is 2.37. The molecule has 10 heteroatoms. The second-order valence-electron chi connectivity index (χ2n) is 7.01. The van der Waals surface area contributed by atoms with Crippen molar-refractivity contribution >= 4 is 37.7 Å². The number of fused-ring (bicyclic) bond motifs is 1. The Morgan fingerprint density at radius 1 is 1.43 bits per heavy atom. The van der Waals surface area contributed by atoms with E-state index in [-0.39, 0.29) is 17.4 Å². The number of hydrogen-bond acceptors (Lipinski definition) is 5. The molecular weight excluding hydrogens is 469 g/mol. The van der Waals surface area contributed by atoms with Crippen LogP contribution in [0.25, 0.3) is 0 Å². The number of hydrogen-bond donors (Lipinski definition) is 0. The lowest BCUT2D eigenvalue weighted by Crippen LogP contribution is -2.45. The molecule has 2 aliphatic heterocycles. The van der Waals surface area contributed by atoms with Crippen LogP contribution < -0.4 is 4.74 Å². The summed E-state index contributed by atoms with van der Waals surface area (Å²) < 4.78 is 50.2. The van der Waals surface area contributed by atoms with Gasteiger partial charge in [-0.05, 0) is 34.5 Å². The Balaban J connectivity index is 1.45. The molecule has 0 aliphatic carbocycles. The number of alkyl halides is 1. The summed E-state index contributed by atoms with van der Waals surface area (Å²) in [4.78, 5) is 4.42. The van der Waals surface area contributed by atoms with Crippen LogP contribution in [0, 0.1) is 5.92 Å². The smallest absolute Gasteiger partial charge is 0.244 e. The number of nitrogens with zero attached hydrogens (tertiary/aromatic N) is 3. The van der Waals surface area contributed by atoms with Crippen LogP contribution >= 0.6 is 27.7 Å². The van der Waals surface area contributed by atoms with Gasteiger partial charge in [0.2, 0.25) is 10.0 Å². The van der Waals surface area contributed by atoms with E-state index in [0.717, 1.165) is 10.7 Å². The van der Waals surface area contributed by atoms with Crippen LogP contribution in [-0.2, 0) is 23.5 Å². The quantitative estimate of drug-likeness (QED) is 0.603. The zero-order chi connectivity index (χ0) is 19.9. The maximum atomic E-state index is 14.8. The lowest BCUT2D eigenvalue weighted by molar-refractivity contribution is 0.146. The number of benzene rings is 1. The number of imidazole rings is 1. The SMILES string of the molecule is Cn1ccnc1SC[C@@H]1CCN(S(=O)(=O)c2ccc3c(c2Br)CCO3)C[C@H]1F. The molecule has 2 aliphatic rings. The van der Waals surface area contributed by atoms with Gasteiger partial charge in [-0.1, -0.05) is 11.8 Å². The summed E-state index contributed by atoms with van der Waals surface area (Å²) in [5.41, 5.74) is 0.860. The lowest BCUT2D eigenvalue weighted by Gasteiger charge is -2.34. The van der Waals surface area contributed by atoms with Crippen LogP contribution in [0.4, 0.5) is 4.39 Å². The van der Waals surface area contributed by atoms with Gasteiger partial charge in [-0.25, -0.2) is 17.8 Å². The minimum Gasteiger partial charge on any atom is -0.493 e. The van der Waals surface area contributed by atoms with Gasteiger partial charge in [0.1, 0.15) is 11.9 Å². The maximum Gasteiger partial charge on any atom is 0.244 e. The molecule has 1 aromatic heterocycles. The minimum atomic E-state index is -3.77.